The Balaban J connectivity index is 1.75. The standard InChI is InChI=1S/C26H26N2O4/c1-27-14-18-24-16(8-6-9-19(24)27)17(13-22(30)32-4)25-23-15(11-12-21(29)31-3)7-5-10-20(23)28(2)26(18)25/h5-12,14,17,25-26H,13H2,1-4H3/b12-11+/t17-,25-,26-/m0/s1. The summed E-state index contributed by atoms with van der Waals surface area (Å²) in [6, 6.07) is 12.6. The Morgan fingerprint density at radius 2 is 1.81 bits per heavy atom. The van der Waals surface area contributed by atoms with E-state index in [0.29, 0.717) is 6.42 Å². The Hall–Kier alpha value is -3.54. The van der Waals surface area contributed by atoms with Crippen LogP contribution >= 0.6 is 0 Å². The van der Waals surface area contributed by atoms with E-state index < -0.39 is 5.97 Å². The largest absolute Gasteiger partial charge is 0.469 e. The van der Waals surface area contributed by atoms with Crippen molar-refractivity contribution in [2.75, 3.05) is 26.2 Å². The summed E-state index contributed by atoms with van der Waals surface area (Å²) in [5, 5.41) is 1.23. The van der Waals surface area contributed by atoms with Gasteiger partial charge in [0, 0.05) is 60.4 Å². The number of methoxy groups -OCH3 is 2. The SMILES string of the molecule is COC(=O)/C=C/c1cccc2c1[C@@H]1[C@@H](CC(=O)OC)c3cccc4c3c(cn4C)[C@@H]1N2C. The van der Waals surface area contributed by atoms with Gasteiger partial charge in [-0.3, -0.25) is 4.79 Å². The maximum Gasteiger partial charge on any atom is 0.330 e. The molecule has 2 aliphatic rings. The molecule has 164 valence electrons. The zero-order valence-electron chi connectivity index (χ0n) is 18.7. The van der Waals surface area contributed by atoms with Crippen molar-refractivity contribution in [3.05, 3.63) is 70.9 Å². The molecule has 0 spiro atoms. The molecule has 0 bridgehead atoms. The van der Waals surface area contributed by atoms with Gasteiger partial charge >= 0.3 is 11.9 Å². The van der Waals surface area contributed by atoms with Gasteiger partial charge in [0.15, 0.2) is 0 Å². The zero-order chi connectivity index (χ0) is 22.6. The van der Waals surface area contributed by atoms with E-state index in [9.17, 15) is 9.59 Å². The van der Waals surface area contributed by atoms with E-state index in [4.69, 9.17) is 9.47 Å². The van der Waals surface area contributed by atoms with E-state index in [1.165, 1.54) is 42.3 Å². The van der Waals surface area contributed by atoms with Crippen molar-refractivity contribution >= 4 is 34.6 Å². The highest BCUT2D eigenvalue weighted by Gasteiger charge is 2.48. The highest BCUT2D eigenvalue weighted by molar-refractivity contribution is 5.93. The van der Waals surface area contributed by atoms with Crippen LogP contribution in [-0.4, -0.2) is 37.8 Å². The molecule has 6 nitrogen and oxygen atoms in total. The highest BCUT2D eigenvalue weighted by atomic mass is 16.5. The minimum atomic E-state index is -0.393. The summed E-state index contributed by atoms with van der Waals surface area (Å²) in [4.78, 5) is 26.6. The lowest BCUT2D eigenvalue weighted by atomic mass is 9.69. The zero-order valence-corrected chi connectivity index (χ0v) is 18.7. The lowest BCUT2D eigenvalue weighted by Crippen LogP contribution is -2.29. The quantitative estimate of drug-likeness (QED) is 0.456. The monoisotopic (exact) mass is 430 g/mol. The number of ether oxygens (including phenoxy) is 2. The summed E-state index contributed by atoms with van der Waals surface area (Å²) >= 11 is 0. The lowest BCUT2D eigenvalue weighted by molar-refractivity contribution is -0.141. The van der Waals surface area contributed by atoms with Crippen LogP contribution in [0.5, 0.6) is 0 Å². The fourth-order valence-corrected chi connectivity index (χ4v) is 5.72. The molecule has 0 fully saturated rings. The third-order valence-corrected chi connectivity index (χ3v) is 7.03. The minimum Gasteiger partial charge on any atom is -0.469 e. The van der Waals surface area contributed by atoms with Gasteiger partial charge in [-0.05, 0) is 34.9 Å². The Labute approximate surface area is 187 Å². The summed E-state index contributed by atoms with van der Waals surface area (Å²) in [5.74, 6) is -0.602. The minimum absolute atomic E-state index is 0.0394. The molecule has 0 saturated heterocycles. The number of esters is 2. The molecular formula is C26H26N2O4. The van der Waals surface area contributed by atoms with Gasteiger partial charge in [-0.15, -0.1) is 0 Å². The van der Waals surface area contributed by atoms with Crippen LogP contribution in [0.2, 0.25) is 0 Å². The molecule has 1 aliphatic carbocycles. The number of likely N-dealkylation sites (N-methyl/N-ethyl adjacent to an activating group) is 1. The Kier molecular flexibility index (Phi) is 4.81. The topological polar surface area (TPSA) is 60.8 Å². The summed E-state index contributed by atoms with van der Waals surface area (Å²) in [7, 11) is 6.99. The average molecular weight is 431 g/mol. The van der Waals surface area contributed by atoms with Crippen molar-refractivity contribution in [1.29, 1.82) is 0 Å². The maximum absolute atomic E-state index is 12.5. The summed E-state index contributed by atoms with van der Waals surface area (Å²) in [6.07, 6.45) is 5.78. The van der Waals surface area contributed by atoms with Crippen molar-refractivity contribution in [2.24, 2.45) is 7.05 Å². The molecule has 3 atom stereocenters. The second-order valence-corrected chi connectivity index (χ2v) is 8.54. The van der Waals surface area contributed by atoms with Crippen LogP contribution in [0.25, 0.3) is 17.0 Å². The molecule has 2 heterocycles. The van der Waals surface area contributed by atoms with Gasteiger partial charge in [0.2, 0.25) is 0 Å². The van der Waals surface area contributed by atoms with Gasteiger partial charge in [-0.25, -0.2) is 4.79 Å². The van der Waals surface area contributed by atoms with Gasteiger partial charge in [0.1, 0.15) is 0 Å². The van der Waals surface area contributed by atoms with Crippen LogP contribution in [0.3, 0.4) is 0 Å². The number of hydrogen-bond donors (Lipinski definition) is 0. The molecule has 0 radical (unpaired) electrons. The van der Waals surface area contributed by atoms with E-state index in [-0.39, 0.29) is 23.8 Å². The number of carbonyl (C=O) groups excluding carboxylic acids is 2. The van der Waals surface area contributed by atoms with Crippen LogP contribution in [0.4, 0.5) is 5.69 Å². The number of aromatic nitrogens is 1. The number of fused-ring (bicyclic) bond motifs is 4. The fraction of sp³-hybridized carbons (Fsp3) is 0.308. The van der Waals surface area contributed by atoms with Gasteiger partial charge < -0.3 is 18.9 Å². The van der Waals surface area contributed by atoms with Crippen LogP contribution < -0.4 is 4.90 Å². The van der Waals surface area contributed by atoms with Gasteiger partial charge in [0.25, 0.3) is 0 Å². The predicted molar refractivity (Wildman–Crippen MR) is 124 cm³/mol. The first-order valence-electron chi connectivity index (χ1n) is 10.7. The number of carbonyl (C=O) groups is 2. The maximum atomic E-state index is 12.5. The first kappa shape index (κ1) is 20.4. The summed E-state index contributed by atoms with van der Waals surface area (Å²) < 4.78 is 12.1. The molecule has 2 aromatic carbocycles. The van der Waals surface area contributed by atoms with Crippen molar-refractivity contribution in [3.63, 3.8) is 0 Å². The fourth-order valence-electron chi connectivity index (χ4n) is 5.72. The number of benzene rings is 2. The first-order valence-corrected chi connectivity index (χ1v) is 10.7. The van der Waals surface area contributed by atoms with E-state index in [0.717, 1.165) is 16.8 Å². The molecule has 5 rings (SSSR count). The second-order valence-electron chi connectivity index (χ2n) is 8.54. The van der Waals surface area contributed by atoms with Crippen LogP contribution in [-0.2, 0) is 26.1 Å². The molecule has 0 saturated carbocycles. The van der Waals surface area contributed by atoms with E-state index in [1.807, 2.05) is 18.2 Å². The van der Waals surface area contributed by atoms with Crippen LogP contribution in [0.1, 0.15) is 46.6 Å². The Morgan fingerprint density at radius 1 is 1.03 bits per heavy atom. The number of hydrogen-bond acceptors (Lipinski definition) is 5. The smallest absolute Gasteiger partial charge is 0.330 e. The molecule has 1 aliphatic heterocycles. The van der Waals surface area contributed by atoms with E-state index in [2.05, 4.69) is 54.0 Å². The Morgan fingerprint density at radius 3 is 2.56 bits per heavy atom. The van der Waals surface area contributed by atoms with Crippen molar-refractivity contribution in [2.45, 2.75) is 24.3 Å². The Bertz CT molecular complexity index is 1270. The van der Waals surface area contributed by atoms with Gasteiger partial charge in [0.05, 0.1) is 26.7 Å². The molecule has 0 unspecified atom stereocenters. The third kappa shape index (κ3) is 2.86. The van der Waals surface area contributed by atoms with Crippen molar-refractivity contribution < 1.29 is 19.1 Å². The second kappa shape index (κ2) is 7.55. The van der Waals surface area contributed by atoms with Crippen molar-refractivity contribution in [3.8, 4) is 0 Å². The number of rotatable bonds is 4. The molecule has 3 aromatic rings. The van der Waals surface area contributed by atoms with E-state index in [1.54, 1.807) is 0 Å². The van der Waals surface area contributed by atoms with Crippen LogP contribution in [0, 0.1) is 0 Å². The van der Waals surface area contributed by atoms with Crippen molar-refractivity contribution in [1.82, 2.24) is 4.57 Å². The molecule has 32 heavy (non-hydrogen) atoms. The molecular weight excluding hydrogens is 404 g/mol. The lowest BCUT2D eigenvalue weighted by Gasteiger charge is -2.37. The van der Waals surface area contributed by atoms with Gasteiger partial charge in [-0.1, -0.05) is 24.3 Å². The highest BCUT2D eigenvalue weighted by Crippen LogP contribution is 2.61. The molecule has 6 heteroatoms. The van der Waals surface area contributed by atoms with Crippen LogP contribution in [0.15, 0.2) is 48.7 Å². The predicted octanol–water partition coefficient (Wildman–Crippen LogP) is 4.30. The number of nitrogens with zero attached hydrogens (tertiary/aromatic N) is 2. The number of anilines is 1. The molecule has 1 aromatic heterocycles. The third-order valence-electron chi connectivity index (χ3n) is 7.03. The first-order chi connectivity index (χ1) is 15.5. The number of aryl methyl sites for hydroxylation is 1. The average Bonchev–Trinajstić information content (AvgIpc) is 3.30. The molecule has 0 amide bonds. The van der Waals surface area contributed by atoms with E-state index >= 15 is 0 Å². The van der Waals surface area contributed by atoms with Gasteiger partial charge in [-0.2, -0.15) is 0 Å². The summed E-state index contributed by atoms with van der Waals surface area (Å²) in [5.41, 5.74) is 6.85. The summed E-state index contributed by atoms with van der Waals surface area (Å²) in [6.45, 7) is 0. The normalized spacial score (nSPS) is 21.0. The molecule has 0 N–H and O–H groups in total.